The molecule has 0 amide bonds. The highest BCUT2D eigenvalue weighted by molar-refractivity contribution is 9.10. The molecule has 0 atom stereocenters. The van der Waals surface area contributed by atoms with Crippen LogP contribution in [0.2, 0.25) is 0 Å². The van der Waals surface area contributed by atoms with Crippen molar-refractivity contribution in [1.29, 1.82) is 0 Å². The molecule has 0 bridgehead atoms. The molecule has 0 aliphatic carbocycles. The molecule has 0 saturated heterocycles. The van der Waals surface area contributed by atoms with E-state index in [1.54, 1.807) is 12.3 Å². The summed E-state index contributed by atoms with van der Waals surface area (Å²) in [6.45, 7) is 2.17. The average molecular weight is 372 g/mol. The summed E-state index contributed by atoms with van der Waals surface area (Å²) in [5.74, 6) is 0.315. The molecule has 0 unspecified atom stereocenters. The van der Waals surface area contributed by atoms with Gasteiger partial charge in [0.2, 0.25) is 0 Å². The highest BCUT2D eigenvalue weighted by atomic mass is 79.9. The molecule has 3 rings (SSSR count). The Kier molecular flexibility index (Phi) is 5.10. The summed E-state index contributed by atoms with van der Waals surface area (Å²) in [5, 5.41) is 17.4. The van der Waals surface area contributed by atoms with Gasteiger partial charge in [-0.25, -0.2) is 0 Å². The minimum Gasteiger partial charge on any atom is -0.508 e. The van der Waals surface area contributed by atoms with Gasteiger partial charge in [-0.2, -0.15) is 5.10 Å². The Morgan fingerprint density at radius 2 is 1.83 bits per heavy atom. The first-order valence-corrected chi connectivity index (χ1v) is 8.23. The Labute approximate surface area is 143 Å². The molecule has 2 N–H and O–H groups in total. The second kappa shape index (κ2) is 7.44. The SMILES string of the molecule is Oc1ccc(Br)cc1CNCc1ccc(Cn2cccn2)cc1. The maximum atomic E-state index is 9.82. The summed E-state index contributed by atoms with van der Waals surface area (Å²) in [6.07, 6.45) is 3.75. The number of phenols is 1. The van der Waals surface area contributed by atoms with Crippen LogP contribution in [0.4, 0.5) is 0 Å². The highest BCUT2D eigenvalue weighted by Crippen LogP contribution is 2.21. The molecule has 0 saturated carbocycles. The molecule has 0 fully saturated rings. The summed E-state index contributed by atoms with van der Waals surface area (Å²) in [5.41, 5.74) is 3.32. The van der Waals surface area contributed by atoms with Crippen LogP contribution in [0.5, 0.6) is 5.75 Å². The maximum Gasteiger partial charge on any atom is 0.120 e. The van der Waals surface area contributed by atoms with Crippen molar-refractivity contribution in [3.05, 3.63) is 82.1 Å². The lowest BCUT2D eigenvalue weighted by molar-refractivity contribution is 0.464. The second-order valence-corrected chi connectivity index (χ2v) is 6.31. The van der Waals surface area contributed by atoms with Gasteiger partial charge in [0, 0.05) is 35.5 Å². The number of benzene rings is 2. The summed E-state index contributed by atoms with van der Waals surface area (Å²) in [4.78, 5) is 0. The number of hydrogen-bond donors (Lipinski definition) is 2. The maximum absolute atomic E-state index is 9.82. The standard InChI is InChI=1S/C18H18BrN3O/c19-17-6-7-18(23)16(10-17)12-20-11-14-2-4-15(5-3-14)13-22-9-1-8-21-22/h1-10,20,23H,11-13H2. The van der Waals surface area contributed by atoms with E-state index in [2.05, 4.69) is 50.6 Å². The van der Waals surface area contributed by atoms with Crippen molar-refractivity contribution in [2.75, 3.05) is 0 Å². The predicted octanol–water partition coefficient (Wildman–Crippen LogP) is 3.69. The van der Waals surface area contributed by atoms with Crippen LogP contribution in [0, 0.1) is 0 Å². The quantitative estimate of drug-likeness (QED) is 0.694. The van der Waals surface area contributed by atoms with Gasteiger partial charge in [0.1, 0.15) is 5.75 Å². The lowest BCUT2D eigenvalue weighted by atomic mass is 10.1. The van der Waals surface area contributed by atoms with E-state index in [-0.39, 0.29) is 0 Å². The highest BCUT2D eigenvalue weighted by Gasteiger charge is 2.02. The van der Waals surface area contributed by atoms with E-state index in [0.29, 0.717) is 12.3 Å². The Morgan fingerprint density at radius 1 is 1.04 bits per heavy atom. The number of halogens is 1. The third-order valence-corrected chi connectivity index (χ3v) is 4.11. The molecule has 0 spiro atoms. The minimum atomic E-state index is 0.315. The second-order valence-electron chi connectivity index (χ2n) is 5.40. The third kappa shape index (κ3) is 4.43. The molecule has 118 valence electrons. The number of hydrogen-bond acceptors (Lipinski definition) is 3. The zero-order chi connectivity index (χ0) is 16.1. The Balaban J connectivity index is 1.53. The van der Waals surface area contributed by atoms with E-state index >= 15 is 0 Å². The van der Waals surface area contributed by atoms with Crippen molar-refractivity contribution in [3.8, 4) is 5.75 Å². The lowest BCUT2D eigenvalue weighted by Gasteiger charge is -2.08. The largest absolute Gasteiger partial charge is 0.508 e. The molecule has 0 aliphatic rings. The third-order valence-electron chi connectivity index (χ3n) is 3.61. The van der Waals surface area contributed by atoms with Gasteiger partial charge in [-0.05, 0) is 35.4 Å². The number of aromatic nitrogens is 2. The van der Waals surface area contributed by atoms with Gasteiger partial charge in [0.05, 0.1) is 6.54 Å². The fourth-order valence-electron chi connectivity index (χ4n) is 2.38. The van der Waals surface area contributed by atoms with Gasteiger partial charge in [-0.15, -0.1) is 0 Å². The number of nitrogens with one attached hydrogen (secondary N) is 1. The first-order chi connectivity index (χ1) is 11.2. The molecule has 1 aromatic heterocycles. The normalized spacial score (nSPS) is 10.8. The number of nitrogens with zero attached hydrogens (tertiary/aromatic N) is 2. The number of rotatable bonds is 6. The van der Waals surface area contributed by atoms with Gasteiger partial charge < -0.3 is 10.4 Å². The molecule has 1 heterocycles. The Bertz CT molecular complexity index is 754. The van der Waals surface area contributed by atoms with Crippen molar-refractivity contribution in [3.63, 3.8) is 0 Å². The van der Waals surface area contributed by atoms with Gasteiger partial charge >= 0.3 is 0 Å². The van der Waals surface area contributed by atoms with E-state index in [4.69, 9.17) is 0 Å². The van der Waals surface area contributed by atoms with Crippen LogP contribution in [0.15, 0.2) is 65.4 Å². The minimum absolute atomic E-state index is 0.315. The molecule has 4 nitrogen and oxygen atoms in total. The van der Waals surface area contributed by atoms with Crippen molar-refractivity contribution in [1.82, 2.24) is 15.1 Å². The zero-order valence-corrected chi connectivity index (χ0v) is 14.2. The van der Waals surface area contributed by atoms with Crippen LogP contribution in [-0.2, 0) is 19.6 Å². The predicted molar refractivity (Wildman–Crippen MR) is 94.1 cm³/mol. The van der Waals surface area contributed by atoms with Crippen LogP contribution in [0.1, 0.15) is 16.7 Å². The van der Waals surface area contributed by atoms with E-state index < -0.39 is 0 Å². The fourth-order valence-corrected chi connectivity index (χ4v) is 2.79. The van der Waals surface area contributed by atoms with Crippen LogP contribution in [0.25, 0.3) is 0 Å². The van der Waals surface area contributed by atoms with Crippen LogP contribution in [-0.4, -0.2) is 14.9 Å². The lowest BCUT2D eigenvalue weighted by Crippen LogP contribution is -2.12. The fraction of sp³-hybridized carbons (Fsp3) is 0.167. The summed E-state index contributed by atoms with van der Waals surface area (Å²) >= 11 is 3.42. The van der Waals surface area contributed by atoms with Crippen LogP contribution < -0.4 is 5.32 Å². The van der Waals surface area contributed by atoms with Gasteiger partial charge in [-0.1, -0.05) is 40.2 Å². The van der Waals surface area contributed by atoms with Crippen LogP contribution in [0.3, 0.4) is 0 Å². The number of phenolic OH excluding ortho intramolecular Hbond substituents is 1. The monoisotopic (exact) mass is 371 g/mol. The Morgan fingerprint density at radius 3 is 2.57 bits per heavy atom. The molecule has 23 heavy (non-hydrogen) atoms. The van der Waals surface area contributed by atoms with Crippen molar-refractivity contribution in [2.24, 2.45) is 0 Å². The molecular formula is C18H18BrN3O. The molecule has 5 heteroatoms. The first kappa shape index (κ1) is 15.8. The van der Waals surface area contributed by atoms with E-state index in [9.17, 15) is 5.11 Å². The van der Waals surface area contributed by atoms with Crippen molar-refractivity contribution in [2.45, 2.75) is 19.6 Å². The zero-order valence-electron chi connectivity index (χ0n) is 12.6. The average Bonchev–Trinajstić information content (AvgIpc) is 3.05. The van der Waals surface area contributed by atoms with E-state index in [1.807, 2.05) is 29.1 Å². The van der Waals surface area contributed by atoms with E-state index in [1.165, 1.54) is 11.1 Å². The van der Waals surface area contributed by atoms with Crippen molar-refractivity contribution < 1.29 is 5.11 Å². The molecule has 3 aromatic rings. The van der Waals surface area contributed by atoms with Crippen molar-refractivity contribution >= 4 is 15.9 Å². The number of aromatic hydroxyl groups is 1. The summed E-state index contributed by atoms with van der Waals surface area (Å²) in [7, 11) is 0. The van der Waals surface area contributed by atoms with E-state index in [0.717, 1.165) is 23.1 Å². The van der Waals surface area contributed by atoms with Crippen LogP contribution >= 0.6 is 15.9 Å². The Hall–Kier alpha value is -2.11. The molecule has 0 aliphatic heterocycles. The summed E-state index contributed by atoms with van der Waals surface area (Å²) < 4.78 is 2.87. The smallest absolute Gasteiger partial charge is 0.120 e. The first-order valence-electron chi connectivity index (χ1n) is 7.44. The molecule has 0 radical (unpaired) electrons. The van der Waals surface area contributed by atoms with Gasteiger partial charge in [-0.3, -0.25) is 4.68 Å². The molecular weight excluding hydrogens is 354 g/mol. The topological polar surface area (TPSA) is 50.1 Å². The van der Waals surface area contributed by atoms with Gasteiger partial charge in [0.15, 0.2) is 0 Å². The van der Waals surface area contributed by atoms with Gasteiger partial charge in [0.25, 0.3) is 0 Å². The molecule has 2 aromatic carbocycles. The summed E-state index contributed by atoms with van der Waals surface area (Å²) in [6, 6.07) is 15.9.